The zero-order chi connectivity index (χ0) is 11.3. The molecule has 0 radical (unpaired) electrons. The van der Waals surface area contributed by atoms with Gasteiger partial charge in [-0.15, -0.1) is 0 Å². The average molecular weight is 232 g/mol. The number of aryl methyl sites for hydroxylation is 1. The zero-order valence-corrected chi connectivity index (χ0v) is 9.96. The highest BCUT2D eigenvalue weighted by molar-refractivity contribution is 6.31. The summed E-state index contributed by atoms with van der Waals surface area (Å²) in [7, 11) is 0. The Hall–Kier alpha value is -0.580. The number of aliphatic hydroxyl groups is 1. The SMILES string of the molecule is CCCNCC(O)c1c(Cl)cnn1CC. The van der Waals surface area contributed by atoms with Gasteiger partial charge in [0.05, 0.1) is 16.9 Å². The van der Waals surface area contributed by atoms with Crippen molar-refractivity contribution in [2.24, 2.45) is 0 Å². The van der Waals surface area contributed by atoms with E-state index in [1.54, 1.807) is 10.9 Å². The highest BCUT2D eigenvalue weighted by atomic mass is 35.5. The smallest absolute Gasteiger partial charge is 0.110 e. The number of nitrogens with one attached hydrogen (secondary N) is 1. The van der Waals surface area contributed by atoms with Gasteiger partial charge in [0.1, 0.15) is 6.10 Å². The Morgan fingerprint density at radius 1 is 1.60 bits per heavy atom. The molecule has 0 saturated heterocycles. The fraction of sp³-hybridized carbons (Fsp3) is 0.700. The Kier molecular flexibility index (Phi) is 5.08. The molecule has 0 spiro atoms. The van der Waals surface area contributed by atoms with Gasteiger partial charge in [-0.25, -0.2) is 0 Å². The summed E-state index contributed by atoms with van der Waals surface area (Å²) >= 11 is 5.96. The molecule has 1 rings (SSSR count). The molecule has 86 valence electrons. The van der Waals surface area contributed by atoms with Gasteiger partial charge in [0, 0.05) is 13.1 Å². The minimum Gasteiger partial charge on any atom is -0.385 e. The van der Waals surface area contributed by atoms with Gasteiger partial charge in [0.25, 0.3) is 0 Å². The average Bonchev–Trinajstić information content (AvgIpc) is 2.59. The van der Waals surface area contributed by atoms with Crippen molar-refractivity contribution in [3.05, 3.63) is 16.9 Å². The second-order valence-corrected chi connectivity index (χ2v) is 3.82. The molecule has 1 aromatic heterocycles. The topological polar surface area (TPSA) is 50.1 Å². The van der Waals surface area contributed by atoms with Crippen LogP contribution in [0.3, 0.4) is 0 Å². The standard InChI is InChI=1S/C10H18ClN3O/c1-3-5-12-7-9(15)10-8(11)6-13-14(10)4-2/h6,9,12,15H,3-5,7H2,1-2H3. The number of halogens is 1. The van der Waals surface area contributed by atoms with Gasteiger partial charge in [-0.2, -0.15) is 5.10 Å². The van der Waals surface area contributed by atoms with Crippen LogP contribution in [0.4, 0.5) is 0 Å². The summed E-state index contributed by atoms with van der Waals surface area (Å²) < 4.78 is 1.72. The van der Waals surface area contributed by atoms with Crippen LogP contribution in [0.2, 0.25) is 5.02 Å². The van der Waals surface area contributed by atoms with E-state index in [2.05, 4.69) is 17.3 Å². The van der Waals surface area contributed by atoms with E-state index in [4.69, 9.17) is 11.6 Å². The van der Waals surface area contributed by atoms with E-state index < -0.39 is 6.10 Å². The monoisotopic (exact) mass is 231 g/mol. The van der Waals surface area contributed by atoms with Gasteiger partial charge in [-0.1, -0.05) is 18.5 Å². The van der Waals surface area contributed by atoms with Crippen LogP contribution in [0.25, 0.3) is 0 Å². The fourth-order valence-corrected chi connectivity index (χ4v) is 1.73. The lowest BCUT2D eigenvalue weighted by Crippen LogP contribution is -2.24. The first-order chi connectivity index (χ1) is 7.20. The molecule has 2 N–H and O–H groups in total. The molecular weight excluding hydrogens is 214 g/mol. The Balaban J connectivity index is 2.63. The van der Waals surface area contributed by atoms with Crippen LogP contribution in [-0.4, -0.2) is 28.0 Å². The van der Waals surface area contributed by atoms with Gasteiger partial charge in [0.15, 0.2) is 0 Å². The number of hydrogen-bond acceptors (Lipinski definition) is 3. The molecule has 0 saturated carbocycles. The predicted molar refractivity (Wildman–Crippen MR) is 61.0 cm³/mol. The van der Waals surface area contributed by atoms with Gasteiger partial charge >= 0.3 is 0 Å². The van der Waals surface area contributed by atoms with Crippen molar-refractivity contribution >= 4 is 11.6 Å². The van der Waals surface area contributed by atoms with Crippen LogP contribution in [-0.2, 0) is 6.54 Å². The van der Waals surface area contributed by atoms with Crippen LogP contribution in [0, 0.1) is 0 Å². The molecule has 5 heteroatoms. The summed E-state index contributed by atoms with van der Waals surface area (Å²) in [6, 6.07) is 0. The Morgan fingerprint density at radius 2 is 2.33 bits per heavy atom. The molecule has 0 aliphatic rings. The maximum atomic E-state index is 9.92. The molecular formula is C10H18ClN3O. The molecule has 0 amide bonds. The number of aliphatic hydroxyl groups excluding tert-OH is 1. The van der Waals surface area contributed by atoms with Crippen molar-refractivity contribution in [2.75, 3.05) is 13.1 Å². The Bertz CT molecular complexity index is 301. The third-order valence-corrected chi connectivity index (χ3v) is 2.50. The predicted octanol–water partition coefficient (Wildman–Crippen LogP) is 1.59. The molecule has 4 nitrogen and oxygen atoms in total. The van der Waals surface area contributed by atoms with Crippen molar-refractivity contribution in [1.29, 1.82) is 0 Å². The van der Waals surface area contributed by atoms with Gasteiger partial charge < -0.3 is 10.4 Å². The molecule has 0 bridgehead atoms. The first-order valence-electron chi connectivity index (χ1n) is 5.30. The lowest BCUT2D eigenvalue weighted by molar-refractivity contribution is 0.164. The van der Waals surface area contributed by atoms with Crippen molar-refractivity contribution < 1.29 is 5.11 Å². The normalized spacial score (nSPS) is 13.1. The minimum atomic E-state index is -0.591. The maximum absolute atomic E-state index is 9.92. The maximum Gasteiger partial charge on any atom is 0.110 e. The van der Waals surface area contributed by atoms with Crippen LogP contribution in [0.1, 0.15) is 32.1 Å². The highest BCUT2D eigenvalue weighted by Crippen LogP contribution is 2.22. The highest BCUT2D eigenvalue weighted by Gasteiger charge is 2.16. The second-order valence-electron chi connectivity index (χ2n) is 3.41. The lowest BCUT2D eigenvalue weighted by atomic mass is 10.2. The van der Waals surface area contributed by atoms with Gasteiger partial charge in [-0.05, 0) is 19.9 Å². The van der Waals surface area contributed by atoms with Gasteiger partial charge in [0.2, 0.25) is 0 Å². The summed E-state index contributed by atoms with van der Waals surface area (Å²) in [4.78, 5) is 0. The summed E-state index contributed by atoms with van der Waals surface area (Å²) in [5.74, 6) is 0. The molecule has 1 atom stereocenters. The van der Waals surface area contributed by atoms with E-state index in [0.717, 1.165) is 13.0 Å². The summed E-state index contributed by atoms with van der Waals surface area (Å²) in [5, 5.41) is 17.7. The Morgan fingerprint density at radius 3 is 2.93 bits per heavy atom. The largest absolute Gasteiger partial charge is 0.385 e. The van der Waals surface area contributed by atoms with Crippen LogP contribution in [0.15, 0.2) is 6.20 Å². The van der Waals surface area contributed by atoms with E-state index in [9.17, 15) is 5.11 Å². The van der Waals surface area contributed by atoms with Gasteiger partial charge in [-0.3, -0.25) is 4.68 Å². The molecule has 0 aliphatic carbocycles. The molecule has 1 aromatic rings. The van der Waals surface area contributed by atoms with Crippen molar-refractivity contribution in [1.82, 2.24) is 15.1 Å². The van der Waals surface area contributed by atoms with E-state index in [-0.39, 0.29) is 0 Å². The van der Waals surface area contributed by atoms with Crippen molar-refractivity contribution in [3.63, 3.8) is 0 Å². The zero-order valence-electron chi connectivity index (χ0n) is 9.20. The van der Waals surface area contributed by atoms with Crippen LogP contribution < -0.4 is 5.32 Å². The van der Waals surface area contributed by atoms with E-state index in [0.29, 0.717) is 23.8 Å². The molecule has 1 unspecified atom stereocenters. The number of hydrogen-bond donors (Lipinski definition) is 2. The molecule has 0 fully saturated rings. The molecule has 15 heavy (non-hydrogen) atoms. The Labute approximate surface area is 95.2 Å². The third-order valence-electron chi connectivity index (χ3n) is 2.21. The quantitative estimate of drug-likeness (QED) is 0.731. The third kappa shape index (κ3) is 3.19. The second kappa shape index (κ2) is 6.10. The summed E-state index contributed by atoms with van der Waals surface area (Å²) in [5.41, 5.74) is 0.697. The molecule has 0 aliphatic heterocycles. The van der Waals surface area contributed by atoms with Crippen LogP contribution in [0.5, 0.6) is 0 Å². The van der Waals surface area contributed by atoms with E-state index in [1.807, 2.05) is 6.92 Å². The van der Waals surface area contributed by atoms with Crippen molar-refractivity contribution in [3.8, 4) is 0 Å². The van der Waals surface area contributed by atoms with Crippen molar-refractivity contribution in [2.45, 2.75) is 32.9 Å². The van der Waals surface area contributed by atoms with Crippen LogP contribution >= 0.6 is 11.6 Å². The van der Waals surface area contributed by atoms with E-state index in [1.165, 1.54) is 0 Å². The first-order valence-corrected chi connectivity index (χ1v) is 5.68. The number of rotatable bonds is 6. The summed E-state index contributed by atoms with van der Waals surface area (Å²) in [6.07, 6.45) is 2.03. The minimum absolute atomic E-state index is 0.513. The summed E-state index contributed by atoms with van der Waals surface area (Å²) in [6.45, 7) is 6.18. The number of aromatic nitrogens is 2. The molecule has 1 heterocycles. The first kappa shape index (κ1) is 12.5. The molecule has 0 aromatic carbocycles. The van der Waals surface area contributed by atoms with E-state index >= 15 is 0 Å². The lowest BCUT2D eigenvalue weighted by Gasteiger charge is -2.13. The number of nitrogens with zero attached hydrogens (tertiary/aromatic N) is 2. The fourth-order valence-electron chi connectivity index (χ4n) is 1.47.